The second kappa shape index (κ2) is 9.38. The molecule has 1 heterocycles. The van der Waals surface area contributed by atoms with E-state index >= 15 is 0 Å². The average Bonchev–Trinajstić information content (AvgIpc) is 2.80. The van der Waals surface area contributed by atoms with Crippen LogP contribution in [0.2, 0.25) is 5.02 Å². The summed E-state index contributed by atoms with van der Waals surface area (Å²) in [6.07, 6.45) is 0. The number of carboxylic acids is 1. The number of rotatable bonds is 6. The molecule has 0 radical (unpaired) electrons. The van der Waals surface area contributed by atoms with Gasteiger partial charge in [0.1, 0.15) is 0 Å². The number of hydrogen-bond acceptors (Lipinski definition) is 5. The van der Waals surface area contributed by atoms with E-state index in [1.165, 1.54) is 6.07 Å². The van der Waals surface area contributed by atoms with E-state index in [2.05, 4.69) is 9.80 Å². The summed E-state index contributed by atoms with van der Waals surface area (Å²) in [7, 11) is 0. The van der Waals surface area contributed by atoms with E-state index in [1.54, 1.807) is 24.3 Å². The van der Waals surface area contributed by atoms with Gasteiger partial charge in [-0.05, 0) is 59.2 Å². The molecule has 0 unspecified atom stereocenters. The first-order valence-electron chi connectivity index (χ1n) is 10.2. The SMILES string of the molecule is O=C(O)c1ccc(N2CCN(Cc3cc([N+](=O)[O-])ccc3-c3ccc(Cl)cc3)CC2)cc1. The van der Waals surface area contributed by atoms with E-state index in [1.807, 2.05) is 36.4 Å². The Kier molecular flexibility index (Phi) is 6.39. The molecule has 164 valence electrons. The van der Waals surface area contributed by atoms with Crippen LogP contribution in [0.4, 0.5) is 11.4 Å². The van der Waals surface area contributed by atoms with Crippen LogP contribution in [0.5, 0.6) is 0 Å². The summed E-state index contributed by atoms with van der Waals surface area (Å²) < 4.78 is 0. The Labute approximate surface area is 190 Å². The minimum Gasteiger partial charge on any atom is -0.478 e. The van der Waals surface area contributed by atoms with Crippen LogP contribution in [0.15, 0.2) is 66.7 Å². The molecule has 1 fully saturated rings. The third-order valence-electron chi connectivity index (χ3n) is 5.70. The van der Waals surface area contributed by atoms with E-state index in [0.717, 1.165) is 48.6 Å². The van der Waals surface area contributed by atoms with Crippen molar-refractivity contribution in [2.45, 2.75) is 6.54 Å². The summed E-state index contributed by atoms with van der Waals surface area (Å²) in [6, 6.07) is 19.4. The minimum atomic E-state index is -0.935. The van der Waals surface area contributed by atoms with Gasteiger partial charge in [-0.3, -0.25) is 15.0 Å². The van der Waals surface area contributed by atoms with E-state index in [-0.39, 0.29) is 16.2 Å². The van der Waals surface area contributed by atoms with Crippen molar-refractivity contribution in [1.29, 1.82) is 0 Å². The van der Waals surface area contributed by atoms with Crippen LogP contribution in [0.25, 0.3) is 11.1 Å². The Balaban J connectivity index is 1.49. The molecule has 0 aliphatic carbocycles. The number of non-ortho nitro benzene ring substituents is 1. The van der Waals surface area contributed by atoms with Gasteiger partial charge in [-0.2, -0.15) is 0 Å². The molecule has 4 rings (SSSR count). The Morgan fingerprint density at radius 1 is 0.969 bits per heavy atom. The molecule has 0 amide bonds. The second-order valence-electron chi connectivity index (χ2n) is 7.72. The number of benzene rings is 3. The summed E-state index contributed by atoms with van der Waals surface area (Å²) in [6.45, 7) is 3.77. The largest absolute Gasteiger partial charge is 0.478 e. The predicted molar refractivity (Wildman–Crippen MR) is 124 cm³/mol. The van der Waals surface area contributed by atoms with Gasteiger partial charge in [0.05, 0.1) is 10.5 Å². The number of nitro benzene ring substituents is 1. The molecule has 0 atom stereocenters. The standard InChI is InChI=1S/C24H22ClN3O4/c25-20-5-1-17(2-6-20)23-10-9-22(28(31)32)15-19(23)16-26-11-13-27(14-12-26)21-7-3-18(4-8-21)24(29)30/h1-10,15H,11-14,16H2,(H,29,30). The lowest BCUT2D eigenvalue weighted by Crippen LogP contribution is -2.46. The molecule has 0 spiro atoms. The smallest absolute Gasteiger partial charge is 0.335 e. The maximum atomic E-state index is 11.3. The summed E-state index contributed by atoms with van der Waals surface area (Å²) in [5.41, 5.74) is 4.17. The lowest BCUT2D eigenvalue weighted by Gasteiger charge is -2.36. The van der Waals surface area contributed by atoms with Gasteiger partial charge in [-0.25, -0.2) is 4.79 Å². The highest BCUT2D eigenvalue weighted by molar-refractivity contribution is 6.30. The number of halogens is 1. The Morgan fingerprint density at radius 3 is 2.22 bits per heavy atom. The molecular weight excluding hydrogens is 430 g/mol. The monoisotopic (exact) mass is 451 g/mol. The van der Waals surface area contributed by atoms with Gasteiger partial charge in [0.15, 0.2) is 0 Å². The van der Waals surface area contributed by atoms with Crippen molar-refractivity contribution in [2.75, 3.05) is 31.1 Å². The summed E-state index contributed by atoms with van der Waals surface area (Å²) >= 11 is 6.02. The topological polar surface area (TPSA) is 86.9 Å². The van der Waals surface area contributed by atoms with Crippen LogP contribution in [0, 0.1) is 10.1 Å². The number of nitro groups is 1. The van der Waals surface area contributed by atoms with Gasteiger partial charge in [-0.15, -0.1) is 0 Å². The van der Waals surface area contributed by atoms with E-state index in [4.69, 9.17) is 16.7 Å². The molecule has 0 bridgehead atoms. The van der Waals surface area contributed by atoms with E-state index in [9.17, 15) is 14.9 Å². The normalized spacial score (nSPS) is 14.3. The van der Waals surface area contributed by atoms with Crippen molar-refractivity contribution in [2.24, 2.45) is 0 Å². The fraction of sp³-hybridized carbons (Fsp3) is 0.208. The zero-order valence-corrected chi connectivity index (χ0v) is 18.0. The number of aromatic carboxylic acids is 1. The van der Waals surface area contributed by atoms with Crippen LogP contribution in [0.1, 0.15) is 15.9 Å². The molecule has 8 heteroatoms. The van der Waals surface area contributed by atoms with Gasteiger partial charge < -0.3 is 10.0 Å². The lowest BCUT2D eigenvalue weighted by atomic mass is 9.98. The highest BCUT2D eigenvalue weighted by Gasteiger charge is 2.20. The highest BCUT2D eigenvalue weighted by Crippen LogP contribution is 2.30. The van der Waals surface area contributed by atoms with Crippen molar-refractivity contribution >= 4 is 28.9 Å². The first-order chi connectivity index (χ1) is 15.4. The summed E-state index contributed by atoms with van der Waals surface area (Å²) in [5.74, 6) is -0.935. The molecule has 1 aliphatic rings. The van der Waals surface area contributed by atoms with Crippen molar-refractivity contribution in [1.82, 2.24) is 4.90 Å². The fourth-order valence-electron chi connectivity index (χ4n) is 3.96. The molecule has 0 saturated carbocycles. The molecule has 3 aromatic rings. The van der Waals surface area contributed by atoms with Gasteiger partial charge in [0.25, 0.3) is 5.69 Å². The van der Waals surface area contributed by atoms with Crippen molar-refractivity contribution in [3.8, 4) is 11.1 Å². The number of carboxylic acid groups (broad SMARTS) is 1. The second-order valence-corrected chi connectivity index (χ2v) is 8.16. The number of carbonyl (C=O) groups is 1. The first-order valence-corrected chi connectivity index (χ1v) is 10.6. The van der Waals surface area contributed by atoms with E-state index < -0.39 is 5.97 Å². The van der Waals surface area contributed by atoms with Crippen LogP contribution < -0.4 is 4.90 Å². The Bertz CT molecular complexity index is 1120. The van der Waals surface area contributed by atoms with Gasteiger partial charge in [0.2, 0.25) is 0 Å². The average molecular weight is 452 g/mol. The van der Waals surface area contributed by atoms with Crippen LogP contribution in [0.3, 0.4) is 0 Å². The van der Waals surface area contributed by atoms with Gasteiger partial charge in [-0.1, -0.05) is 23.7 Å². The number of hydrogen-bond donors (Lipinski definition) is 1. The van der Waals surface area contributed by atoms with Gasteiger partial charge in [0, 0.05) is 55.6 Å². The summed E-state index contributed by atoms with van der Waals surface area (Å²) in [4.78, 5) is 26.5. The molecule has 1 saturated heterocycles. The number of anilines is 1. The zero-order valence-electron chi connectivity index (χ0n) is 17.3. The highest BCUT2D eigenvalue weighted by atomic mass is 35.5. The predicted octanol–water partition coefficient (Wildman–Crippen LogP) is 4.94. The van der Waals surface area contributed by atoms with Crippen LogP contribution >= 0.6 is 11.6 Å². The maximum Gasteiger partial charge on any atom is 0.335 e. The molecule has 1 aliphatic heterocycles. The quantitative estimate of drug-likeness (QED) is 0.422. The molecule has 0 aromatic heterocycles. The number of nitrogens with zero attached hydrogens (tertiary/aromatic N) is 3. The van der Waals surface area contributed by atoms with Crippen molar-refractivity contribution < 1.29 is 14.8 Å². The zero-order chi connectivity index (χ0) is 22.7. The first kappa shape index (κ1) is 21.8. The fourth-order valence-corrected chi connectivity index (χ4v) is 4.08. The lowest BCUT2D eigenvalue weighted by molar-refractivity contribution is -0.384. The third-order valence-corrected chi connectivity index (χ3v) is 5.95. The van der Waals surface area contributed by atoms with Crippen LogP contribution in [-0.2, 0) is 6.54 Å². The maximum absolute atomic E-state index is 11.3. The van der Waals surface area contributed by atoms with Gasteiger partial charge >= 0.3 is 5.97 Å². The molecule has 3 aromatic carbocycles. The number of piperazine rings is 1. The molecule has 1 N–H and O–H groups in total. The van der Waals surface area contributed by atoms with Crippen molar-refractivity contribution in [3.05, 3.63) is 93.0 Å². The molecule has 32 heavy (non-hydrogen) atoms. The summed E-state index contributed by atoms with van der Waals surface area (Å²) in [5, 5.41) is 21.0. The third kappa shape index (κ3) is 4.90. The molecular formula is C24H22ClN3O4. The minimum absolute atomic E-state index is 0.0786. The van der Waals surface area contributed by atoms with E-state index in [0.29, 0.717) is 11.6 Å². The Hall–Kier alpha value is -3.42. The van der Waals surface area contributed by atoms with Crippen molar-refractivity contribution in [3.63, 3.8) is 0 Å². The van der Waals surface area contributed by atoms with Crippen LogP contribution in [-0.4, -0.2) is 47.1 Å². The Morgan fingerprint density at radius 2 is 1.62 bits per heavy atom. The molecule has 7 nitrogen and oxygen atoms in total.